The molecule has 1 aliphatic carbocycles. The second-order valence-corrected chi connectivity index (χ2v) is 9.90. The Kier molecular flexibility index (Phi) is 7.90. The number of nitrogens with one attached hydrogen (secondary N) is 1. The second-order valence-electron chi connectivity index (χ2n) is 9.05. The maximum Gasteiger partial charge on any atom is 0.336 e. The minimum absolute atomic E-state index is 0.00646. The lowest BCUT2D eigenvalue weighted by Crippen LogP contribution is -2.38. The van der Waals surface area contributed by atoms with Gasteiger partial charge in [-0.3, -0.25) is 4.79 Å². The molecule has 1 unspecified atom stereocenters. The summed E-state index contributed by atoms with van der Waals surface area (Å²) in [6.45, 7) is 10.9. The number of hydrogen-bond acceptors (Lipinski definition) is 7. The number of hydrogen-bond donors (Lipinski definition) is 2. The van der Waals surface area contributed by atoms with E-state index >= 15 is 0 Å². The predicted octanol–water partition coefficient (Wildman–Crippen LogP) is 4.74. The lowest BCUT2D eigenvalue weighted by molar-refractivity contribution is -0.140. The average molecular weight is 522 g/mol. The summed E-state index contributed by atoms with van der Waals surface area (Å²) in [6, 6.07) is 3.42. The van der Waals surface area contributed by atoms with Crippen molar-refractivity contribution in [3.63, 3.8) is 0 Å². The molecule has 0 amide bonds. The van der Waals surface area contributed by atoms with E-state index in [-0.39, 0.29) is 29.3 Å². The van der Waals surface area contributed by atoms with E-state index in [1.807, 2.05) is 20.8 Å². The summed E-state index contributed by atoms with van der Waals surface area (Å²) in [6.07, 6.45) is 1.07. The van der Waals surface area contributed by atoms with Gasteiger partial charge in [-0.15, -0.1) is 0 Å². The Morgan fingerprint density at radius 3 is 2.61 bits per heavy atom. The molecular weight excluding hydrogens is 490 g/mol. The highest BCUT2D eigenvalue weighted by Crippen LogP contribution is 2.49. The third kappa shape index (κ3) is 5.44. The molecule has 7 nitrogen and oxygen atoms in total. The van der Waals surface area contributed by atoms with Gasteiger partial charge in [-0.25, -0.2) is 4.79 Å². The molecule has 1 aliphatic heterocycles. The smallest absolute Gasteiger partial charge is 0.336 e. The van der Waals surface area contributed by atoms with Crippen LogP contribution in [0.2, 0.25) is 0 Å². The van der Waals surface area contributed by atoms with Gasteiger partial charge in [0.25, 0.3) is 0 Å². The number of dihydropyridines is 1. The van der Waals surface area contributed by atoms with E-state index in [0.29, 0.717) is 59.5 Å². The maximum absolute atomic E-state index is 13.4. The number of carbonyl (C=O) groups excluding carboxylic acids is 2. The van der Waals surface area contributed by atoms with E-state index in [4.69, 9.17) is 14.2 Å². The van der Waals surface area contributed by atoms with E-state index < -0.39 is 11.9 Å². The summed E-state index contributed by atoms with van der Waals surface area (Å²) < 4.78 is 16.8. The zero-order valence-corrected chi connectivity index (χ0v) is 21.4. The van der Waals surface area contributed by atoms with Gasteiger partial charge >= 0.3 is 5.97 Å². The first-order valence-corrected chi connectivity index (χ1v) is 12.0. The highest BCUT2D eigenvalue weighted by atomic mass is 79.9. The van der Waals surface area contributed by atoms with Crippen LogP contribution in [0.25, 0.3) is 0 Å². The van der Waals surface area contributed by atoms with E-state index in [1.54, 1.807) is 12.1 Å². The molecule has 1 aromatic rings. The quantitative estimate of drug-likeness (QED) is 0.376. The van der Waals surface area contributed by atoms with Gasteiger partial charge in [-0.05, 0) is 66.2 Å². The van der Waals surface area contributed by atoms with E-state index in [9.17, 15) is 14.7 Å². The van der Waals surface area contributed by atoms with Crippen molar-refractivity contribution in [1.82, 2.24) is 5.32 Å². The highest BCUT2D eigenvalue weighted by molar-refractivity contribution is 9.10. The molecule has 2 aliphatic rings. The van der Waals surface area contributed by atoms with Crippen LogP contribution in [-0.2, 0) is 19.1 Å². The van der Waals surface area contributed by atoms with Crippen LogP contribution < -0.4 is 10.1 Å². The van der Waals surface area contributed by atoms with Crippen LogP contribution in [-0.4, -0.2) is 43.3 Å². The van der Waals surface area contributed by atoms with Gasteiger partial charge in [0.15, 0.2) is 17.3 Å². The van der Waals surface area contributed by atoms with Crippen molar-refractivity contribution in [2.45, 2.75) is 53.4 Å². The molecule has 0 aromatic heterocycles. The van der Waals surface area contributed by atoms with Crippen LogP contribution in [0.4, 0.5) is 0 Å². The van der Waals surface area contributed by atoms with Crippen molar-refractivity contribution in [3.05, 3.63) is 44.7 Å². The molecular formula is C25H32BrNO6. The topological polar surface area (TPSA) is 94.1 Å². The van der Waals surface area contributed by atoms with Crippen molar-refractivity contribution in [1.29, 1.82) is 0 Å². The lowest BCUT2D eigenvalue weighted by atomic mass is 9.68. The van der Waals surface area contributed by atoms with Crippen LogP contribution in [0.5, 0.6) is 11.5 Å². The first-order valence-electron chi connectivity index (χ1n) is 11.2. The van der Waals surface area contributed by atoms with Crippen LogP contribution in [0.1, 0.15) is 58.9 Å². The number of benzene rings is 1. The number of aromatic hydroxyl groups is 1. The number of halogens is 1. The molecule has 0 radical (unpaired) electrons. The molecule has 1 aromatic carbocycles. The van der Waals surface area contributed by atoms with Crippen LogP contribution in [0.3, 0.4) is 0 Å². The van der Waals surface area contributed by atoms with Gasteiger partial charge in [0, 0.05) is 35.9 Å². The fraction of sp³-hybridized carbons (Fsp3) is 0.520. The van der Waals surface area contributed by atoms with Crippen LogP contribution in [0.15, 0.2) is 39.1 Å². The second kappa shape index (κ2) is 10.3. The summed E-state index contributed by atoms with van der Waals surface area (Å²) in [4.78, 5) is 26.6. The Morgan fingerprint density at radius 2 is 1.94 bits per heavy atom. The van der Waals surface area contributed by atoms with E-state index in [2.05, 4.69) is 35.1 Å². The Balaban J connectivity index is 2.12. The molecule has 0 spiro atoms. The minimum Gasteiger partial charge on any atom is -0.503 e. The number of ketones is 1. The molecule has 0 saturated heterocycles. The summed E-state index contributed by atoms with van der Waals surface area (Å²) in [5.74, 6) is -0.890. The van der Waals surface area contributed by atoms with Gasteiger partial charge in [-0.1, -0.05) is 13.8 Å². The van der Waals surface area contributed by atoms with Crippen molar-refractivity contribution in [3.8, 4) is 11.5 Å². The molecule has 1 atom stereocenters. The SMILES string of the molecule is CCOCCOC(=O)C1=C(C)NC2=C(C(=O)CC(C)(C)C2)C1c1cc(Br)c(O)c(OCC)c1. The number of esters is 1. The van der Waals surface area contributed by atoms with Gasteiger partial charge in [0.1, 0.15) is 6.61 Å². The molecule has 0 bridgehead atoms. The Morgan fingerprint density at radius 1 is 1.21 bits per heavy atom. The average Bonchev–Trinajstić information content (AvgIpc) is 2.72. The molecule has 2 N–H and O–H groups in total. The van der Waals surface area contributed by atoms with E-state index in [1.165, 1.54) is 0 Å². The number of rotatable bonds is 8. The van der Waals surface area contributed by atoms with Crippen LogP contribution in [0, 0.1) is 5.41 Å². The van der Waals surface area contributed by atoms with Crippen molar-refractivity contribution in [2.24, 2.45) is 5.41 Å². The fourth-order valence-corrected chi connectivity index (χ4v) is 4.94. The zero-order valence-electron chi connectivity index (χ0n) is 19.8. The fourth-order valence-electron chi connectivity index (χ4n) is 4.48. The lowest BCUT2D eigenvalue weighted by Gasteiger charge is -2.39. The van der Waals surface area contributed by atoms with E-state index in [0.717, 1.165) is 5.70 Å². The first kappa shape index (κ1) is 25.3. The van der Waals surface area contributed by atoms with Crippen molar-refractivity contribution in [2.75, 3.05) is 26.4 Å². The first-order chi connectivity index (χ1) is 15.6. The van der Waals surface area contributed by atoms with Crippen molar-refractivity contribution < 1.29 is 28.9 Å². The van der Waals surface area contributed by atoms with Gasteiger partial charge in [-0.2, -0.15) is 0 Å². The summed E-state index contributed by atoms with van der Waals surface area (Å²) in [5, 5.41) is 13.7. The number of carbonyl (C=O) groups is 2. The Hall–Kier alpha value is -2.32. The third-order valence-electron chi connectivity index (χ3n) is 5.81. The normalized spacial score (nSPS) is 19.8. The minimum atomic E-state index is -0.638. The zero-order chi connectivity index (χ0) is 24.3. The maximum atomic E-state index is 13.4. The molecule has 180 valence electrons. The summed E-state index contributed by atoms with van der Waals surface area (Å²) in [5.41, 5.74) is 2.89. The Bertz CT molecular complexity index is 1010. The number of ether oxygens (including phenoxy) is 3. The monoisotopic (exact) mass is 521 g/mol. The molecule has 8 heteroatoms. The largest absolute Gasteiger partial charge is 0.503 e. The standard InChI is InChI=1S/C25H32BrNO6/c1-6-31-8-9-33-24(30)20-14(3)27-17-12-25(4,5)13-18(28)22(17)21(20)15-10-16(26)23(29)19(11-15)32-7-2/h10-11,21,27,29H,6-9,12-13H2,1-5H3. The summed E-state index contributed by atoms with van der Waals surface area (Å²) in [7, 11) is 0. The number of allylic oxidation sites excluding steroid dienone is 3. The molecule has 3 rings (SSSR count). The third-order valence-corrected chi connectivity index (χ3v) is 6.41. The molecule has 0 saturated carbocycles. The Labute approximate surface area is 203 Å². The molecule has 0 fully saturated rings. The molecule has 33 heavy (non-hydrogen) atoms. The number of Topliss-reactive ketones (excluding diaryl/α,β-unsaturated/α-hetero) is 1. The number of phenolic OH excluding ortho intramolecular Hbond substituents is 1. The van der Waals surface area contributed by atoms with Gasteiger partial charge < -0.3 is 24.6 Å². The number of phenols is 1. The molecule has 1 heterocycles. The van der Waals surface area contributed by atoms with Crippen LogP contribution >= 0.6 is 15.9 Å². The predicted molar refractivity (Wildman–Crippen MR) is 128 cm³/mol. The summed E-state index contributed by atoms with van der Waals surface area (Å²) >= 11 is 3.39. The highest BCUT2D eigenvalue weighted by Gasteiger charge is 2.43. The van der Waals surface area contributed by atoms with Crippen molar-refractivity contribution >= 4 is 27.7 Å². The van der Waals surface area contributed by atoms with Gasteiger partial charge in [0.05, 0.1) is 23.3 Å². The van der Waals surface area contributed by atoms with Gasteiger partial charge in [0.2, 0.25) is 0 Å².